The maximum Gasteiger partial charge on any atom is 0.147 e. The fourth-order valence-electron chi connectivity index (χ4n) is 1.60. The number of anilines is 2. The van der Waals surface area contributed by atoms with Gasteiger partial charge in [-0.05, 0) is 25.7 Å². The minimum atomic E-state index is 0.762. The largest absolute Gasteiger partial charge is 0.394 e. The van der Waals surface area contributed by atoms with E-state index >= 15 is 0 Å². The van der Waals surface area contributed by atoms with Crippen LogP contribution < -0.4 is 11.1 Å². The zero-order valence-electron chi connectivity index (χ0n) is 10.2. The second kappa shape index (κ2) is 5.05. The summed E-state index contributed by atoms with van der Waals surface area (Å²) in [5.41, 5.74) is 7.56. The van der Waals surface area contributed by atoms with E-state index in [2.05, 4.69) is 24.3 Å². The molecule has 15 heavy (non-hydrogen) atoms. The quantitative estimate of drug-likeness (QED) is 0.732. The Balaban J connectivity index is 2.44. The van der Waals surface area contributed by atoms with E-state index in [9.17, 15) is 0 Å². The molecule has 0 bridgehead atoms. The summed E-state index contributed by atoms with van der Waals surface area (Å²) in [7, 11) is 1.91. The molecule has 4 nitrogen and oxygen atoms in total. The van der Waals surface area contributed by atoms with E-state index in [1.165, 1.54) is 12.8 Å². The smallest absolute Gasteiger partial charge is 0.147 e. The highest BCUT2D eigenvalue weighted by atomic mass is 15.3. The fourth-order valence-corrected chi connectivity index (χ4v) is 1.60. The fraction of sp³-hybridized carbons (Fsp3) is 0.727. The molecule has 3 N–H and O–H groups in total. The van der Waals surface area contributed by atoms with E-state index in [1.54, 1.807) is 4.68 Å². The van der Waals surface area contributed by atoms with Crippen molar-refractivity contribution in [3.63, 3.8) is 0 Å². The Morgan fingerprint density at radius 2 is 2.13 bits per heavy atom. The van der Waals surface area contributed by atoms with Gasteiger partial charge in [0.05, 0.1) is 11.4 Å². The van der Waals surface area contributed by atoms with Gasteiger partial charge in [-0.1, -0.05) is 13.8 Å². The van der Waals surface area contributed by atoms with Gasteiger partial charge in [-0.3, -0.25) is 4.68 Å². The molecular weight excluding hydrogens is 188 g/mol. The van der Waals surface area contributed by atoms with Crippen LogP contribution >= 0.6 is 0 Å². The topological polar surface area (TPSA) is 55.9 Å². The van der Waals surface area contributed by atoms with Crippen LogP contribution in [-0.4, -0.2) is 16.3 Å². The second-order valence-electron chi connectivity index (χ2n) is 4.43. The lowest BCUT2D eigenvalue weighted by molar-refractivity contribution is 0.566. The van der Waals surface area contributed by atoms with Gasteiger partial charge >= 0.3 is 0 Å². The lowest BCUT2D eigenvalue weighted by atomic mass is 10.1. The summed E-state index contributed by atoms with van der Waals surface area (Å²) < 4.78 is 1.81. The molecule has 0 aromatic carbocycles. The van der Waals surface area contributed by atoms with Crippen LogP contribution in [0.15, 0.2) is 0 Å². The monoisotopic (exact) mass is 210 g/mol. The summed E-state index contributed by atoms with van der Waals surface area (Å²) >= 11 is 0. The van der Waals surface area contributed by atoms with Crippen LogP contribution in [0.1, 0.15) is 32.4 Å². The number of nitrogens with one attached hydrogen (secondary N) is 1. The Bertz CT molecular complexity index is 315. The number of hydrogen-bond donors (Lipinski definition) is 2. The average molecular weight is 210 g/mol. The zero-order chi connectivity index (χ0) is 11.4. The van der Waals surface area contributed by atoms with Crippen LogP contribution in [0, 0.1) is 12.8 Å². The highest BCUT2D eigenvalue weighted by Gasteiger charge is 2.08. The van der Waals surface area contributed by atoms with Crippen LogP contribution in [0.25, 0.3) is 0 Å². The van der Waals surface area contributed by atoms with Crippen LogP contribution in [0.4, 0.5) is 11.5 Å². The molecule has 1 heterocycles. The third-order valence-corrected chi connectivity index (χ3v) is 2.52. The van der Waals surface area contributed by atoms with E-state index < -0.39 is 0 Å². The number of hydrogen-bond acceptors (Lipinski definition) is 3. The molecule has 0 spiro atoms. The molecule has 0 radical (unpaired) electrons. The molecule has 1 rings (SSSR count). The molecule has 0 atom stereocenters. The van der Waals surface area contributed by atoms with Gasteiger partial charge in [-0.15, -0.1) is 0 Å². The minimum absolute atomic E-state index is 0.762. The van der Waals surface area contributed by atoms with Crippen molar-refractivity contribution in [3.05, 3.63) is 5.69 Å². The number of nitrogens with zero attached hydrogens (tertiary/aromatic N) is 2. The first-order chi connectivity index (χ1) is 7.02. The van der Waals surface area contributed by atoms with E-state index in [0.717, 1.165) is 29.7 Å². The van der Waals surface area contributed by atoms with Gasteiger partial charge < -0.3 is 11.1 Å². The Kier molecular flexibility index (Phi) is 4.00. The SMILES string of the molecule is Cc1nn(C)c(NCCCC(C)C)c1N. The maximum atomic E-state index is 5.90. The Morgan fingerprint density at radius 3 is 2.60 bits per heavy atom. The standard InChI is InChI=1S/C11H22N4/c1-8(2)6-5-7-13-11-10(12)9(3)14-15(11)4/h8,13H,5-7,12H2,1-4H3. The molecule has 0 unspecified atom stereocenters. The first-order valence-corrected chi connectivity index (χ1v) is 5.55. The summed E-state index contributed by atoms with van der Waals surface area (Å²) in [5.74, 6) is 1.70. The van der Waals surface area contributed by atoms with Crippen molar-refractivity contribution in [1.82, 2.24) is 9.78 Å². The van der Waals surface area contributed by atoms with Crippen molar-refractivity contribution >= 4 is 11.5 Å². The summed E-state index contributed by atoms with van der Waals surface area (Å²) in [6.45, 7) is 7.36. The van der Waals surface area contributed by atoms with Gasteiger partial charge in [0.25, 0.3) is 0 Å². The third kappa shape index (κ3) is 3.15. The molecule has 0 saturated carbocycles. The van der Waals surface area contributed by atoms with E-state index in [1.807, 2.05) is 14.0 Å². The zero-order valence-corrected chi connectivity index (χ0v) is 10.2. The highest BCUT2D eigenvalue weighted by Crippen LogP contribution is 2.20. The van der Waals surface area contributed by atoms with Crippen molar-refractivity contribution in [3.8, 4) is 0 Å². The lowest BCUT2D eigenvalue weighted by Crippen LogP contribution is -2.08. The molecule has 0 fully saturated rings. The van der Waals surface area contributed by atoms with E-state index in [4.69, 9.17) is 5.73 Å². The second-order valence-corrected chi connectivity index (χ2v) is 4.43. The number of nitrogens with two attached hydrogens (primary N) is 1. The summed E-state index contributed by atoms with van der Waals surface area (Å²) in [6, 6.07) is 0. The molecule has 0 amide bonds. The third-order valence-electron chi connectivity index (χ3n) is 2.52. The molecular formula is C11H22N4. The number of aryl methyl sites for hydroxylation is 2. The molecule has 1 aromatic rings. The molecule has 1 aromatic heterocycles. The highest BCUT2D eigenvalue weighted by molar-refractivity contribution is 5.64. The first-order valence-electron chi connectivity index (χ1n) is 5.55. The van der Waals surface area contributed by atoms with Gasteiger partial charge in [0.1, 0.15) is 5.82 Å². The normalized spacial score (nSPS) is 11.0. The van der Waals surface area contributed by atoms with E-state index in [0.29, 0.717) is 0 Å². The molecule has 4 heteroatoms. The number of nitrogen functional groups attached to an aromatic ring is 1. The maximum absolute atomic E-state index is 5.90. The van der Waals surface area contributed by atoms with Crippen LogP contribution in [0.3, 0.4) is 0 Å². The molecule has 86 valence electrons. The van der Waals surface area contributed by atoms with E-state index in [-0.39, 0.29) is 0 Å². The van der Waals surface area contributed by atoms with Crippen molar-refractivity contribution in [2.24, 2.45) is 13.0 Å². The van der Waals surface area contributed by atoms with Crippen LogP contribution in [0.2, 0.25) is 0 Å². The lowest BCUT2D eigenvalue weighted by Gasteiger charge is -2.08. The number of aromatic nitrogens is 2. The summed E-state index contributed by atoms with van der Waals surface area (Å²) in [5, 5.41) is 7.59. The molecule has 0 aliphatic heterocycles. The van der Waals surface area contributed by atoms with Crippen LogP contribution in [-0.2, 0) is 7.05 Å². The van der Waals surface area contributed by atoms with Gasteiger partial charge in [0.15, 0.2) is 0 Å². The minimum Gasteiger partial charge on any atom is -0.394 e. The van der Waals surface area contributed by atoms with Crippen molar-refractivity contribution in [1.29, 1.82) is 0 Å². The molecule has 0 aliphatic carbocycles. The van der Waals surface area contributed by atoms with Crippen molar-refractivity contribution in [2.75, 3.05) is 17.6 Å². The summed E-state index contributed by atoms with van der Waals surface area (Å²) in [4.78, 5) is 0. The van der Waals surface area contributed by atoms with Gasteiger partial charge in [0, 0.05) is 13.6 Å². The predicted octanol–water partition coefficient (Wildman–Crippen LogP) is 2.16. The predicted molar refractivity (Wildman–Crippen MR) is 64.9 cm³/mol. The first kappa shape index (κ1) is 11.9. The van der Waals surface area contributed by atoms with Gasteiger partial charge in [-0.25, -0.2) is 0 Å². The van der Waals surface area contributed by atoms with Crippen molar-refractivity contribution < 1.29 is 0 Å². The molecule has 0 saturated heterocycles. The Hall–Kier alpha value is -1.19. The van der Waals surface area contributed by atoms with Crippen LogP contribution in [0.5, 0.6) is 0 Å². The van der Waals surface area contributed by atoms with Gasteiger partial charge in [-0.2, -0.15) is 5.10 Å². The van der Waals surface area contributed by atoms with Gasteiger partial charge in [0.2, 0.25) is 0 Å². The summed E-state index contributed by atoms with van der Waals surface area (Å²) in [6.07, 6.45) is 2.41. The average Bonchev–Trinajstić information content (AvgIpc) is 2.37. The number of rotatable bonds is 5. The Labute approximate surface area is 91.8 Å². The van der Waals surface area contributed by atoms with Crippen molar-refractivity contribution in [2.45, 2.75) is 33.6 Å². The molecule has 0 aliphatic rings. The Morgan fingerprint density at radius 1 is 1.47 bits per heavy atom.